The molecule has 0 aliphatic heterocycles. The molecule has 0 saturated heterocycles. The van der Waals surface area contributed by atoms with Crippen molar-refractivity contribution in [3.63, 3.8) is 0 Å². The average Bonchev–Trinajstić information content (AvgIpc) is 2.60. The zero-order valence-electron chi connectivity index (χ0n) is 18.0. The molecular formula is C23H41NO3. The number of carbonyl (C=O) groups excluding carboxylic acids is 1. The maximum Gasteiger partial charge on any atom is 0.306 e. The lowest BCUT2D eigenvalue weighted by molar-refractivity contribution is -0.142. The van der Waals surface area contributed by atoms with E-state index in [1.54, 1.807) is 0 Å². The highest BCUT2D eigenvalue weighted by molar-refractivity contribution is 5.77. The van der Waals surface area contributed by atoms with Crippen LogP contribution in [0.2, 0.25) is 0 Å². The molecular weight excluding hydrogens is 338 g/mol. The van der Waals surface area contributed by atoms with Crippen molar-refractivity contribution in [3.05, 3.63) is 23.3 Å². The lowest BCUT2D eigenvalue weighted by Gasteiger charge is -2.11. The van der Waals surface area contributed by atoms with Gasteiger partial charge in [-0.05, 0) is 52.9 Å². The van der Waals surface area contributed by atoms with E-state index in [0.717, 1.165) is 25.7 Å². The number of unbranched alkanes of at least 4 members (excludes halogenated alkanes) is 5. The minimum Gasteiger partial charge on any atom is -0.481 e. The monoisotopic (exact) mass is 379 g/mol. The molecule has 0 aliphatic rings. The van der Waals surface area contributed by atoms with Crippen molar-refractivity contribution >= 4 is 11.9 Å². The van der Waals surface area contributed by atoms with Crippen LogP contribution in [0.5, 0.6) is 0 Å². The van der Waals surface area contributed by atoms with E-state index in [4.69, 9.17) is 0 Å². The standard InChI is InChI=1S/C23H41NO3/c1-5-6-7-8-9-10-18-24-22(25)17-16-21(23(26)27)15-14-20(4)13-11-12-19(2)3/h12,14,21H,5-11,13,15-18H2,1-4H3,(H,24,25)(H,26,27)/b20-14+. The van der Waals surface area contributed by atoms with Crippen molar-refractivity contribution < 1.29 is 14.7 Å². The molecule has 0 heterocycles. The molecule has 1 atom stereocenters. The molecule has 4 heteroatoms. The van der Waals surface area contributed by atoms with Gasteiger partial charge in [0.1, 0.15) is 0 Å². The molecule has 0 aromatic rings. The largest absolute Gasteiger partial charge is 0.481 e. The number of carboxylic acid groups (broad SMARTS) is 1. The number of hydrogen-bond acceptors (Lipinski definition) is 2. The fourth-order valence-electron chi connectivity index (χ4n) is 2.90. The van der Waals surface area contributed by atoms with Crippen LogP contribution in [0.15, 0.2) is 23.3 Å². The molecule has 4 nitrogen and oxygen atoms in total. The number of aliphatic carboxylic acids is 1. The van der Waals surface area contributed by atoms with E-state index in [1.165, 1.54) is 36.8 Å². The molecule has 0 radical (unpaired) electrons. The van der Waals surface area contributed by atoms with E-state index in [2.05, 4.69) is 32.2 Å². The minimum atomic E-state index is -0.813. The molecule has 0 aromatic carbocycles. The lowest BCUT2D eigenvalue weighted by atomic mass is 9.97. The van der Waals surface area contributed by atoms with Crippen LogP contribution in [0, 0.1) is 5.92 Å². The van der Waals surface area contributed by atoms with Gasteiger partial charge in [0.25, 0.3) is 0 Å². The molecule has 0 rings (SSSR count). The Morgan fingerprint density at radius 1 is 0.963 bits per heavy atom. The number of hydrogen-bond donors (Lipinski definition) is 2. The highest BCUT2D eigenvalue weighted by Crippen LogP contribution is 2.16. The maximum atomic E-state index is 11.9. The van der Waals surface area contributed by atoms with Crippen molar-refractivity contribution in [2.24, 2.45) is 5.92 Å². The predicted molar refractivity (Wildman–Crippen MR) is 114 cm³/mol. The summed E-state index contributed by atoms with van der Waals surface area (Å²) < 4.78 is 0. The molecule has 2 N–H and O–H groups in total. The van der Waals surface area contributed by atoms with Crippen LogP contribution in [0.3, 0.4) is 0 Å². The molecule has 156 valence electrons. The summed E-state index contributed by atoms with van der Waals surface area (Å²) in [4.78, 5) is 23.4. The SMILES string of the molecule is CCCCCCCCNC(=O)CCC(C/C=C(\C)CCC=C(C)C)C(=O)O. The van der Waals surface area contributed by atoms with Gasteiger partial charge in [0.05, 0.1) is 5.92 Å². The maximum absolute atomic E-state index is 11.9. The molecule has 0 spiro atoms. The van der Waals surface area contributed by atoms with E-state index in [9.17, 15) is 14.7 Å². The lowest BCUT2D eigenvalue weighted by Crippen LogP contribution is -2.25. The van der Waals surface area contributed by atoms with Gasteiger partial charge in [-0.3, -0.25) is 9.59 Å². The zero-order valence-corrected chi connectivity index (χ0v) is 18.0. The van der Waals surface area contributed by atoms with Gasteiger partial charge in [-0.1, -0.05) is 62.3 Å². The molecule has 27 heavy (non-hydrogen) atoms. The second-order valence-electron chi connectivity index (χ2n) is 7.80. The molecule has 0 aliphatic carbocycles. The van der Waals surface area contributed by atoms with Gasteiger partial charge in [-0.15, -0.1) is 0 Å². The Kier molecular flexibility index (Phi) is 15.6. The van der Waals surface area contributed by atoms with Crippen LogP contribution in [0.1, 0.15) is 98.3 Å². The second kappa shape index (κ2) is 16.6. The Balaban J connectivity index is 4.04. The Morgan fingerprint density at radius 2 is 1.63 bits per heavy atom. The van der Waals surface area contributed by atoms with Crippen LogP contribution < -0.4 is 5.32 Å². The number of carbonyl (C=O) groups is 2. The third kappa shape index (κ3) is 16.3. The third-order valence-corrected chi connectivity index (χ3v) is 4.76. The van der Waals surface area contributed by atoms with E-state index >= 15 is 0 Å². The van der Waals surface area contributed by atoms with E-state index < -0.39 is 11.9 Å². The van der Waals surface area contributed by atoms with Crippen LogP contribution in [-0.2, 0) is 9.59 Å². The minimum absolute atomic E-state index is 0.0286. The number of amides is 1. The summed E-state index contributed by atoms with van der Waals surface area (Å²) in [6.45, 7) is 9.11. The number of rotatable bonds is 16. The highest BCUT2D eigenvalue weighted by Gasteiger charge is 2.17. The Hall–Kier alpha value is -1.58. The van der Waals surface area contributed by atoms with E-state index in [-0.39, 0.29) is 12.3 Å². The van der Waals surface area contributed by atoms with E-state index in [1.807, 2.05) is 13.0 Å². The number of allylic oxidation sites excluding steroid dienone is 4. The normalized spacial score (nSPS) is 12.5. The number of carboxylic acids is 1. The molecule has 0 aromatic heterocycles. The van der Waals surface area contributed by atoms with Gasteiger partial charge in [-0.25, -0.2) is 0 Å². The van der Waals surface area contributed by atoms with Crippen molar-refractivity contribution in [1.29, 1.82) is 0 Å². The first-order valence-corrected chi connectivity index (χ1v) is 10.6. The molecule has 0 saturated carbocycles. The second-order valence-corrected chi connectivity index (χ2v) is 7.80. The van der Waals surface area contributed by atoms with Crippen molar-refractivity contribution in [2.75, 3.05) is 6.54 Å². The van der Waals surface area contributed by atoms with Crippen molar-refractivity contribution in [2.45, 2.75) is 98.3 Å². The molecule has 1 unspecified atom stereocenters. The first-order valence-electron chi connectivity index (χ1n) is 10.6. The summed E-state index contributed by atoms with van der Waals surface area (Å²) in [6, 6.07) is 0. The smallest absolute Gasteiger partial charge is 0.306 e. The zero-order chi connectivity index (χ0) is 20.5. The van der Waals surface area contributed by atoms with Crippen LogP contribution >= 0.6 is 0 Å². The highest BCUT2D eigenvalue weighted by atomic mass is 16.4. The number of nitrogens with one attached hydrogen (secondary N) is 1. The Labute approximate surface area is 166 Å². The van der Waals surface area contributed by atoms with Crippen LogP contribution in [0.4, 0.5) is 0 Å². The fourth-order valence-corrected chi connectivity index (χ4v) is 2.90. The van der Waals surface area contributed by atoms with Gasteiger partial charge in [0.15, 0.2) is 0 Å². The Morgan fingerprint density at radius 3 is 2.26 bits per heavy atom. The fraction of sp³-hybridized carbons (Fsp3) is 0.739. The molecule has 0 bridgehead atoms. The van der Waals surface area contributed by atoms with Crippen molar-refractivity contribution in [1.82, 2.24) is 5.32 Å². The first kappa shape index (κ1) is 25.4. The summed E-state index contributed by atoms with van der Waals surface area (Å²) in [5, 5.41) is 12.3. The molecule has 0 fully saturated rings. The quantitative estimate of drug-likeness (QED) is 0.254. The summed E-state index contributed by atoms with van der Waals surface area (Å²) in [6.07, 6.45) is 14.5. The van der Waals surface area contributed by atoms with Crippen molar-refractivity contribution in [3.8, 4) is 0 Å². The van der Waals surface area contributed by atoms with Crippen LogP contribution in [-0.4, -0.2) is 23.5 Å². The first-order chi connectivity index (χ1) is 12.9. The summed E-state index contributed by atoms with van der Waals surface area (Å²) >= 11 is 0. The van der Waals surface area contributed by atoms with Gasteiger partial charge in [0, 0.05) is 13.0 Å². The third-order valence-electron chi connectivity index (χ3n) is 4.76. The summed E-state index contributed by atoms with van der Waals surface area (Å²) in [7, 11) is 0. The average molecular weight is 380 g/mol. The van der Waals surface area contributed by atoms with E-state index in [0.29, 0.717) is 19.4 Å². The summed E-state index contributed by atoms with van der Waals surface area (Å²) in [5.41, 5.74) is 2.52. The molecule has 1 amide bonds. The summed E-state index contributed by atoms with van der Waals surface area (Å²) in [5.74, 6) is -1.32. The topological polar surface area (TPSA) is 66.4 Å². The predicted octanol–water partition coefficient (Wildman–Crippen LogP) is 6.03. The van der Waals surface area contributed by atoms with Gasteiger partial charge < -0.3 is 10.4 Å². The van der Waals surface area contributed by atoms with Gasteiger partial charge >= 0.3 is 5.97 Å². The Bertz CT molecular complexity index is 476. The van der Waals surface area contributed by atoms with Gasteiger partial charge in [-0.2, -0.15) is 0 Å². The van der Waals surface area contributed by atoms with Gasteiger partial charge in [0.2, 0.25) is 5.91 Å². The van der Waals surface area contributed by atoms with Crippen LogP contribution in [0.25, 0.3) is 0 Å².